The highest BCUT2D eigenvalue weighted by molar-refractivity contribution is 9.10. The molecule has 3 aromatic carbocycles. The average molecular weight is 544 g/mol. The SMILES string of the molecule is CCOc1cc(/C=C(/C#N)C(=O)Nc2ccc(C)c(Cl)c2)cc(Br)c1OCc1ccccc1F. The fraction of sp³-hybridized carbons (Fsp3) is 0.154. The number of hydrogen-bond acceptors (Lipinski definition) is 4. The smallest absolute Gasteiger partial charge is 0.266 e. The van der Waals surface area contributed by atoms with Gasteiger partial charge in [-0.05, 0) is 77.3 Å². The van der Waals surface area contributed by atoms with Crippen LogP contribution in [0.5, 0.6) is 11.5 Å². The lowest BCUT2D eigenvalue weighted by atomic mass is 10.1. The number of anilines is 1. The van der Waals surface area contributed by atoms with Crippen molar-refractivity contribution in [1.29, 1.82) is 5.26 Å². The molecule has 0 heterocycles. The van der Waals surface area contributed by atoms with Crippen molar-refractivity contribution < 1.29 is 18.7 Å². The Labute approximate surface area is 210 Å². The fourth-order valence-corrected chi connectivity index (χ4v) is 3.78. The van der Waals surface area contributed by atoms with E-state index in [1.54, 1.807) is 48.5 Å². The first-order valence-corrected chi connectivity index (χ1v) is 11.5. The number of carbonyl (C=O) groups is 1. The fourth-order valence-electron chi connectivity index (χ4n) is 3.02. The quantitative estimate of drug-likeness (QED) is 0.244. The lowest BCUT2D eigenvalue weighted by molar-refractivity contribution is -0.112. The molecule has 0 radical (unpaired) electrons. The van der Waals surface area contributed by atoms with Crippen molar-refractivity contribution in [3.8, 4) is 17.6 Å². The van der Waals surface area contributed by atoms with Crippen LogP contribution in [0.1, 0.15) is 23.6 Å². The van der Waals surface area contributed by atoms with E-state index in [0.717, 1.165) is 5.56 Å². The Balaban J connectivity index is 1.86. The number of nitriles is 1. The maximum Gasteiger partial charge on any atom is 0.266 e. The second kappa shape index (κ2) is 11.7. The Morgan fingerprint density at radius 2 is 1.97 bits per heavy atom. The van der Waals surface area contributed by atoms with E-state index in [4.69, 9.17) is 21.1 Å². The highest BCUT2D eigenvalue weighted by atomic mass is 79.9. The number of nitrogens with zero attached hydrogens (tertiary/aromatic N) is 1. The van der Waals surface area contributed by atoms with Gasteiger partial charge < -0.3 is 14.8 Å². The first-order valence-electron chi connectivity index (χ1n) is 10.3. The lowest BCUT2D eigenvalue weighted by Crippen LogP contribution is -2.13. The molecule has 0 aliphatic heterocycles. The number of rotatable bonds is 8. The van der Waals surface area contributed by atoms with E-state index in [0.29, 0.717) is 44.4 Å². The van der Waals surface area contributed by atoms with Crippen molar-refractivity contribution in [3.05, 3.63) is 92.2 Å². The van der Waals surface area contributed by atoms with Gasteiger partial charge in [0.1, 0.15) is 24.1 Å². The summed E-state index contributed by atoms with van der Waals surface area (Å²) in [6.07, 6.45) is 1.44. The second-order valence-corrected chi connectivity index (χ2v) is 8.49. The lowest BCUT2D eigenvalue weighted by Gasteiger charge is -2.15. The Bertz CT molecular complexity index is 1290. The maximum absolute atomic E-state index is 14.0. The van der Waals surface area contributed by atoms with E-state index in [9.17, 15) is 14.4 Å². The molecule has 1 amide bonds. The van der Waals surface area contributed by atoms with Gasteiger partial charge in [0.25, 0.3) is 5.91 Å². The Morgan fingerprint density at radius 3 is 2.65 bits per heavy atom. The van der Waals surface area contributed by atoms with Crippen LogP contribution in [0.25, 0.3) is 6.08 Å². The van der Waals surface area contributed by atoms with Crippen molar-refractivity contribution in [2.45, 2.75) is 20.5 Å². The Hall–Kier alpha value is -3.34. The van der Waals surface area contributed by atoms with Crippen LogP contribution < -0.4 is 14.8 Å². The average Bonchev–Trinajstić information content (AvgIpc) is 2.80. The largest absolute Gasteiger partial charge is 0.490 e. The van der Waals surface area contributed by atoms with Crippen LogP contribution in [0.3, 0.4) is 0 Å². The number of hydrogen-bond donors (Lipinski definition) is 1. The van der Waals surface area contributed by atoms with Gasteiger partial charge >= 0.3 is 0 Å². The molecular weight excluding hydrogens is 523 g/mol. The van der Waals surface area contributed by atoms with Crippen LogP contribution in [0, 0.1) is 24.1 Å². The van der Waals surface area contributed by atoms with Gasteiger partial charge in [0.2, 0.25) is 0 Å². The third-order valence-electron chi connectivity index (χ3n) is 4.77. The standard InChI is InChI=1S/C26H21BrClFN2O3/c1-3-33-24-12-17(11-21(27)25(24)34-15-18-6-4-5-7-23(18)29)10-19(14-30)26(32)31-20-9-8-16(2)22(28)13-20/h4-13H,3,15H2,1-2H3,(H,31,32)/b19-10-. The normalized spacial score (nSPS) is 11.0. The zero-order valence-electron chi connectivity index (χ0n) is 18.5. The van der Waals surface area contributed by atoms with Gasteiger partial charge in [-0.1, -0.05) is 35.9 Å². The van der Waals surface area contributed by atoms with Crippen molar-refractivity contribution in [1.82, 2.24) is 0 Å². The van der Waals surface area contributed by atoms with E-state index >= 15 is 0 Å². The van der Waals surface area contributed by atoms with Crippen LogP contribution in [-0.2, 0) is 11.4 Å². The number of amides is 1. The molecule has 3 aromatic rings. The van der Waals surface area contributed by atoms with Gasteiger partial charge in [0.05, 0.1) is 11.1 Å². The summed E-state index contributed by atoms with van der Waals surface area (Å²) in [6, 6.07) is 16.7. The van der Waals surface area contributed by atoms with E-state index in [1.165, 1.54) is 12.1 Å². The van der Waals surface area contributed by atoms with Crippen LogP contribution in [0.2, 0.25) is 5.02 Å². The highest BCUT2D eigenvalue weighted by Crippen LogP contribution is 2.38. The third-order valence-corrected chi connectivity index (χ3v) is 5.76. The molecule has 0 unspecified atom stereocenters. The molecule has 0 spiro atoms. The summed E-state index contributed by atoms with van der Waals surface area (Å²) in [5.74, 6) is -0.158. The van der Waals surface area contributed by atoms with E-state index in [-0.39, 0.29) is 18.0 Å². The van der Waals surface area contributed by atoms with Gasteiger partial charge in [-0.25, -0.2) is 4.39 Å². The number of aryl methyl sites for hydroxylation is 1. The molecule has 0 aliphatic rings. The number of carbonyl (C=O) groups excluding carboxylic acids is 1. The summed E-state index contributed by atoms with van der Waals surface area (Å²) < 4.78 is 26.0. The minimum atomic E-state index is -0.573. The molecule has 0 saturated heterocycles. The summed E-state index contributed by atoms with van der Waals surface area (Å²) in [4.78, 5) is 12.6. The van der Waals surface area contributed by atoms with E-state index in [1.807, 2.05) is 19.9 Å². The Morgan fingerprint density at radius 1 is 1.21 bits per heavy atom. The number of ether oxygens (including phenoxy) is 2. The van der Waals surface area contributed by atoms with E-state index in [2.05, 4.69) is 21.2 Å². The first-order chi connectivity index (χ1) is 16.3. The summed E-state index contributed by atoms with van der Waals surface area (Å²) in [5.41, 5.74) is 2.20. The number of benzene rings is 3. The molecule has 0 atom stereocenters. The van der Waals surface area contributed by atoms with Gasteiger partial charge in [0, 0.05) is 16.3 Å². The third kappa shape index (κ3) is 6.37. The monoisotopic (exact) mass is 542 g/mol. The highest BCUT2D eigenvalue weighted by Gasteiger charge is 2.15. The minimum absolute atomic E-state index is 0.00545. The van der Waals surface area contributed by atoms with Gasteiger partial charge in [-0.15, -0.1) is 0 Å². The summed E-state index contributed by atoms with van der Waals surface area (Å²) in [7, 11) is 0. The zero-order valence-corrected chi connectivity index (χ0v) is 20.8. The number of halogens is 3. The second-order valence-electron chi connectivity index (χ2n) is 7.23. The van der Waals surface area contributed by atoms with Crippen LogP contribution in [0.4, 0.5) is 10.1 Å². The predicted molar refractivity (Wildman–Crippen MR) is 134 cm³/mol. The van der Waals surface area contributed by atoms with Crippen molar-refractivity contribution in [2.24, 2.45) is 0 Å². The van der Waals surface area contributed by atoms with Crippen LogP contribution >= 0.6 is 27.5 Å². The summed E-state index contributed by atoms with van der Waals surface area (Å²) >= 11 is 9.56. The first kappa shape index (κ1) is 25.3. The van der Waals surface area contributed by atoms with Gasteiger partial charge in [-0.2, -0.15) is 5.26 Å². The molecule has 0 aliphatic carbocycles. The molecule has 0 aromatic heterocycles. The predicted octanol–water partition coefficient (Wildman–Crippen LogP) is 7.07. The molecule has 0 saturated carbocycles. The molecule has 34 heavy (non-hydrogen) atoms. The molecule has 3 rings (SSSR count). The topological polar surface area (TPSA) is 71.3 Å². The molecule has 1 N–H and O–H groups in total. The molecule has 174 valence electrons. The van der Waals surface area contributed by atoms with Crippen LogP contribution in [-0.4, -0.2) is 12.5 Å². The minimum Gasteiger partial charge on any atom is -0.490 e. The van der Waals surface area contributed by atoms with Crippen molar-refractivity contribution in [3.63, 3.8) is 0 Å². The molecular formula is C26H21BrClFN2O3. The van der Waals surface area contributed by atoms with Crippen LogP contribution in [0.15, 0.2) is 64.6 Å². The maximum atomic E-state index is 14.0. The summed E-state index contributed by atoms with van der Waals surface area (Å²) in [5, 5.41) is 12.7. The van der Waals surface area contributed by atoms with Crippen molar-refractivity contribution >= 4 is 45.2 Å². The summed E-state index contributed by atoms with van der Waals surface area (Å²) in [6.45, 7) is 4.03. The molecule has 0 bridgehead atoms. The molecule has 8 heteroatoms. The number of nitrogens with one attached hydrogen (secondary N) is 1. The van der Waals surface area contributed by atoms with Gasteiger partial charge in [0.15, 0.2) is 11.5 Å². The van der Waals surface area contributed by atoms with E-state index < -0.39 is 5.91 Å². The van der Waals surface area contributed by atoms with Crippen molar-refractivity contribution in [2.75, 3.05) is 11.9 Å². The molecule has 5 nitrogen and oxygen atoms in total. The van der Waals surface area contributed by atoms with Gasteiger partial charge in [-0.3, -0.25) is 4.79 Å². The molecule has 0 fully saturated rings. The zero-order chi connectivity index (χ0) is 24.7. The Kier molecular flexibility index (Phi) is 8.69.